The first-order valence-electron chi connectivity index (χ1n) is 6.30. The predicted molar refractivity (Wildman–Crippen MR) is 69.5 cm³/mol. The van der Waals surface area contributed by atoms with Gasteiger partial charge >= 0.3 is 12.3 Å². The van der Waals surface area contributed by atoms with Crippen molar-refractivity contribution in [3.05, 3.63) is 33.9 Å². The number of halogens is 3. The number of carbonyl (C=O) groups is 1. The third kappa shape index (κ3) is 3.57. The molecule has 0 bridgehead atoms. The number of rotatable bonds is 5. The molecule has 7 nitrogen and oxygen atoms in total. The van der Waals surface area contributed by atoms with Crippen LogP contribution in [0.4, 0.5) is 29.3 Å². The minimum absolute atomic E-state index is 0.0365. The number of benzene rings is 1. The largest absolute Gasteiger partial charge is 0.448 e. The number of nitrogens with zero attached hydrogens (tertiary/aromatic N) is 2. The second-order valence-corrected chi connectivity index (χ2v) is 4.51. The van der Waals surface area contributed by atoms with Gasteiger partial charge in [0.1, 0.15) is 12.3 Å². The Morgan fingerprint density at radius 3 is 2.68 bits per heavy atom. The molecule has 1 heterocycles. The lowest BCUT2D eigenvalue weighted by Gasteiger charge is -2.14. The molecule has 0 spiro atoms. The summed E-state index contributed by atoms with van der Waals surface area (Å²) in [6.07, 6.45) is -5.13. The number of amides is 1. The van der Waals surface area contributed by atoms with Crippen LogP contribution in [-0.2, 0) is 10.9 Å². The molecular weight excluding hydrogens is 307 g/mol. The van der Waals surface area contributed by atoms with E-state index in [9.17, 15) is 28.1 Å². The van der Waals surface area contributed by atoms with Gasteiger partial charge in [-0.15, -0.1) is 0 Å². The normalized spacial score (nSPS) is 14.9. The fraction of sp³-hybridized carbons (Fsp3) is 0.417. The number of hydrogen-bond donors (Lipinski definition) is 1. The smallest absolute Gasteiger partial charge is 0.416 e. The van der Waals surface area contributed by atoms with Crippen molar-refractivity contribution in [1.82, 2.24) is 4.90 Å². The molecule has 2 rings (SSSR count). The van der Waals surface area contributed by atoms with Crippen LogP contribution in [0.3, 0.4) is 0 Å². The Morgan fingerprint density at radius 1 is 1.41 bits per heavy atom. The van der Waals surface area contributed by atoms with Crippen LogP contribution in [-0.4, -0.2) is 42.2 Å². The summed E-state index contributed by atoms with van der Waals surface area (Å²) in [7, 11) is 0. The van der Waals surface area contributed by atoms with Gasteiger partial charge in [-0.1, -0.05) is 0 Å². The highest BCUT2D eigenvalue weighted by Crippen LogP contribution is 2.34. The number of anilines is 1. The van der Waals surface area contributed by atoms with Crippen molar-refractivity contribution >= 4 is 17.5 Å². The van der Waals surface area contributed by atoms with Crippen molar-refractivity contribution in [2.45, 2.75) is 6.18 Å². The number of nitrogens with one attached hydrogen (secondary N) is 1. The Bertz CT molecular complexity index is 591. The van der Waals surface area contributed by atoms with Crippen molar-refractivity contribution < 1.29 is 27.6 Å². The molecule has 0 saturated carbocycles. The molecule has 1 N–H and O–H groups in total. The van der Waals surface area contributed by atoms with E-state index in [4.69, 9.17) is 4.74 Å². The summed E-state index contributed by atoms with van der Waals surface area (Å²) in [5, 5.41) is 13.5. The summed E-state index contributed by atoms with van der Waals surface area (Å²) in [5.74, 6) is 0. The summed E-state index contributed by atoms with van der Waals surface area (Å²) in [6.45, 7) is 1.08. The monoisotopic (exact) mass is 319 g/mol. The van der Waals surface area contributed by atoms with E-state index >= 15 is 0 Å². The van der Waals surface area contributed by atoms with Gasteiger partial charge in [0.25, 0.3) is 5.69 Å². The van der Waals surface area contributed by atoms with Crippen LogP contribution < -0.4 is 5.32 Å². The maximum atomic E-state index is 12.6. The number of nitro groups is 1. The van der Waals surface area contributed by atoms with Gasteiger partial charge in [0.15, 0.2) is 0 Å². The van der Waals surface area contributed by atoms with E-state index in [0.717, 1.165) is 12.1 Å². The van der Waals surface area contributed by atoms with E-state index < -0.39 is 28.4 Å². The van der Waals surface area contributed by atoms with Gasteiger partial charge in [-0.05, 0) is 12.1 Å². The topological polar surface area (TPSA) is 84.7 Å². The van der Waals surface area contributed by atoms with E-state index in [-0.39, 0.29) is 25.4 Å². The average Bonchev–Trinajstić information content (AvgIpc) is 2.83. The molecule has 0 aliphatic carbocycles. The molecular formula is C12H12F3N3O4. The van der Waals surface area contributed by atoms with Crippen LogP contribution in [0, 0.1) is 10.1 Å². The molecule has 1 aliphatic rings. The first kappa shape index (κ1) is 15.9. The van der Waals surface area contributed by atoms with Crippen molar-refractivity contribution in [2.75, 3.05) is 31.6 Å². The fourth-order valence-corrected chi connectivity index (χ4v) is 1.96. The van der Waals surface area contributed by atoms with Gasteiger partial charge in [-0.25, -0.2) is 4.79 Å². The molecule has 0 aromatic heterocycles. The van der Waals surface area contributed by atoms with Crippen molar-refractivity contribution in [2.24, 2.45) is 0 Å². The Balaban J connectivity index is 2.06. The molecule has 1 aromatic rings. The maximum absolute atomic E-state index is 12.6. The van der Waals surface area contributed by atoms with E-state index in [1.165, 1.54) is 4.90 Å². The fourth-order valence-electron chi connectivity index (χ4n) is 1.96. The zero-order valence-electron chi connectivity index (χ0n) is 11.2. The third-order valence-electron chi connectivity index (χ3n) is 3.06. The van der Waals surface area contributed by atoms with E-state index in [1.54, 1.807) is 0 Å². The summed E-state index contributed by atoms with van der Waals surface area (Å²) >= 11 is 0. The Labute approximate surface area is 122 Å². The second-order valence-electron chi connectivity index (χ2n) is 4.51. The number of nitro benzene ring substituents is 1. The zero-order chi connectivity index (χ0) is 16.3. The first-order chi connectivity index (χ1) is 10.3. The molecule has 10 heteroatoms. The minimum atomic E-state index is -4.65. The molecule has 1 aliphatic heterocycles. The molecule has 0 unspecified atom stereocenters. The highest BCUT2D eigenvalue weighted by Gasteiger charge is 2.33. The number of cyclic esters (lactones) is 1. The van der Waals surface area contributed by atoms with Crippen molar-refractivity contribution in [3.63, 3.8) is 0 Å². The van der Waals surface area contributed by atoms with Gasteiger partial charge in [-0.2, -0.15) is 13.2 Å². The number of carbonyl (C=O) groups excluding carboxylic acids is 1. The molecule has 0 radical (unpaired) electrons. The molecule has 22 heavy (non-hydrogen) atoms. The van der Waals surface area contributed by atoms with Crippen molar-refractivity contribution in [1.29, 1.82) is 0 Å². The van der Waals surface area contributed by atoms with Crippen LogP contribution in [0.2, 0.25) is 0 Å². The molecule has 1 amide bonds. The highest BCUT2D eigenvalue weighted by molar-refractivity contribution is 5.69. The number of alkyl halides is 3. The third-order valence-corrected chi connectivity index (χ3v) is 3.06. The summed E-state index contributed by atoms with van der Waals surface area (Å²) in [4.78, 5) is 22.6. The summed E-state index contributed by atoms with van der Waals surface area (Å²) in [6, 6.07) is 2.25. The molecule has 1 fully saturated rings. The molecule has 0 atom stereocenters. The highest BCUT2D eigenvalue weighted by atomic mass is 19.4. The average molecular weight is 319 g/mol. The lowest BCUT2D eigenvalue weighted by atomic mass is 10.1. The molecule has 1 aromatic carbocycles. The van der Waals surface area contributed by atoms with Crippen molar-refractivity contribution in [3.8, 4) is 0 Å². The Hall–Kier alpha value is -2.52. The quantitative estimate of drug-likeness (QED) is 0.666. The van der Waals surface area contributed by atoms with Gasteiger partial charge in [0.2, 0.25) is 0 Å². The van der Waals surface area contributed by atoms with E-state index in [2.05, 4.69) is 5.32 Å². The second kappa shape index (κ2) is 6.08. The Morgan fingerprint density at radius 2 is 2.14 bits per heavy atom. The zero-order valence-corrected chi connectivity index (χ0v) is 11.2. The van der Waals surface area contributed by atoms with Crippen LogP contribution >= 0.6 is 0 Å². The van der Waals surface area contributed by atoms with E-state index in [0.29, 0.717) is 12.6 Å². The summed E-state index contributed by atoms with van der Waals surface area (Å²) in [5.41, 5.74) is -1.79. The molecule has 120 valence electrons. The van der Waals surface area contributed by atoms with Crippen LogP contribution in [0.15, 0.2) is 18.2 Å². The van der Waals surface area contributed by atoms with Crippen LogP contribution in [0.1, 0.15) is 5.56 Å². The maximum Gasteiger partial charge on any atom is 0.416 e. The summed E-state index contributed by atoms with van der Waals surface area (Å²) < 4.78 is 42.4. The standard InChI is InChI=1S/C12H12F3N3O4/c13-12(14,15)8-1-2-9(10(7-8)18(20)21)16-3-4-17-5-6-22-11(17)19/h1-2,7,16H,3-6H2. The van der Waals surface area contributed by atoms with E-state index in [1.807, 2.05) is 0 Å². The lowest BCUT2D eigenvalue weighted by molar-refractivity contribution is -0.384. The van der Waals surface area contributed by atoms with Gasteiger partial charge < -0.3 is 15.0 Å². The van der Waals surface area contributed by atoms with Crippen LogP contribution in [0.5, 0.6) is 0 Å². The Kier molecular flexibility index (Phi) is 4.38. The predicted octanol–water partition coefficient (Wildman–Crippen LogP) is 2.48. The molecule has 1 saturated heterocycles. The SMILES string of the molecule is O=C1OCCN1CCNc1ccc(C(F)(F)F)cc1[N+](=O)[O-]. The first-order valence-corrected chi connectivity index (χ1v) is 6.30. The number of ether oxygens (including phenoxy) is 1. The van der Waals surface area contributed by atoms with Gasteiger partial charge in [0, 0.05) is 19.2 Å². The van der Waals surface area contributed by atoms with Gasteiger partial charge in [0.05, 0.1) is 17.0 Å². The van der Waals surface area contributed by atoms with Gasteiger partial charge in [-0.3, -0.25) is 10.1 Å². The lowest BCUT2D eigenvalue weighted by Crippen LogP contribution is -2.29. The minimum Gasteiger partial charge on any atom is -0.448 e. The van der Waals surface area contributed by atoms with Crippen LogP contribution in [0.25, 0.3) is 0 Å². The number of hydrogen-bond acceptors (Lipinski definition) is 5.